The van der Waals surface area contributed by atoms with Crippen LogP contribution in [0, 0.1) is 6.92 Å². The average molecular weight is 390 g/mol. The van der Waals surface area contributed by atoms with Crippen molar-refractivity contribution in [2.75, 3.05) is 5.75 Å². The van der Waals surface area contributed by atoms with Crippen LogP contribution in [0.15, 0.2) is 47.6 Å². The number of H-pyrrole nitrogens is 1. The fourth-order valence-electron chi connectivity index (χ4n) is 2.13. The van der Waals surface area contributed by atoms with E-state index in [1.165, 1.54) is 23.9 Å². The van der Waals surface area contributed by atoms with Gasteiger partial charge in [0.15, 0.2) is 11.6 Å². The van der Waals surface area contributed by atoms with Crippen LogP contribution < -0.4 is 4.74 Å². The highest BCUT2D eigenvalue weighted by Crippen LogP contribution is 2.22. The average Bonchev–Trinajstić information content (AvgIpc) is 3.09. The molecule has 0 aliphatic heterocycles. The molecule has 2 N–H and O–H groups in total. The molecule has 0 saturated carbocycles. The van der Waals surface area contributed by atoms with Gasteiger partial charge in [-0.1, -0.05) is 23.4 Å². The summed E-state index contributed by atoms with van der Waals surface area (Å²) in [6, 6.07) is 11.6. The maximum atomic E-state index is 12.1. The molecule has 0 bridgehead atoms. The molecule has 3 aromatic rings. The highest BCUT2D eigenvalue weighted by Gasteiger charge is 2.10. The number of hydrogen-bond acceptors (Lipinski definition) is 6. The number of hydrogen-bond donors (Lipinski definition) is 2. The number of benzene rings is 2. The molecule has 0 aliphatic rings. The molecular formula is C18H16ClN3O3S. The molecule has 0 fully saturated rings. The van der Waals surface area contributed by atoms with E-state index in [1.54, 1.807) is 24.3 Å². The molecule has 0 unspecified atom stereocenters. The Morgan fingerprint density at radius 1 is 1.27 bits per heavy atom. The first-order valence-electron chi connectivity index (χ1n) is 7.76. The van der Waals surface area contributed by atoms with Crippen LogP contribution in [0.25, 0.3) is 0 Å². The van der Waals surface area contributed by atoms with Crippen molar-refractivity contribution in [1.29, 1.82) is 0 Å². The minimum atomic E-state index is -0.0609. The van der Waals surface area contributed by atoms with Gasteiger partial charge < -0.3 is 9.84 Å². The van der Waals surface area contributed by atoms with Crippen molar-refractivity contribution >= 4 is 29.1 Å². The van der Waals surface area contributed by atoms with Crippen molar-refractivity contribution in [3.8, 4) is 11.5 Å². The molecule has 1 heterocycles. The summed E-state index contributed by atoms with van der Waals surface area (Å²) in [6.07, 6.45) is 0. The summed E-state index contributed by atoms with van der Waals surface area (Å²) < 4.78 is 5.66. The van der Waals surface area contributed by atoms with E-state index >= 15 is 0 Å². The van der Waals surface area contributed by atoms with E-state index in [4.69, 9.17) is 16.3 Å². The van der Waals surface area contributed by atoms with E-state index in [9.17, 15) is 9.90 Å². The van der Waals surface area contributed by atoms with E-state index in [1.807, 2.05) is 13.0 Å². The van der Waals surface area contributed by atoms with Crippen LogP contribution in [0.1, 0.15) is 21.7 Å². The van der Waals surface area contributed by atoms with Gasteiger partial charge in [0.05, 0.1) is 5.75 Å². The summed E-state index contributed by atoms with van der Waals surface area (Å²) in [5.74, 6) is 1.54. The first-order valence-corrected chi connectivity index (χ1v) is 9.13. The molecule has 8 heteroatoms. The van der Waals surface area contributed by atoms with Crippen LogP contribution >= 0.6 is 23.4 Å². The predicted molar refractivity (Wildman–Crippen MR) is 100 cm³/mol. The zero-order valence-electron chi connectivity index (χ0n) is 13.9. The molecular weight excluding hydrogens is 374 g/mol. The van der Waals surface area contributed by atoms with Gasteiger partial charge in [-0.15, -0.1) is 5.10 Å². The Labute approximate surface area is 159 Å². The lowest BCUT2D eigenvalue weighted by Gasteiger charge is -2.05. The second-order valence-electron chi connectivity index (χ2n) is 5.52. The highest BCUT2D eigenvalue weighted by atomic mass is 35.5. The minimum Gasteiger partial charge on any atom is -0.508 e. The number of carbonyl (C=O) groups excluding carboxylic acids is 1. The van der Waals surface area contributed by atoms with Crippen molar-refractivity contribution in [2.45, 2.75) is 18.7 Å². The number of aromatic amines is 1. The van der Waals surface area contributed by atoms with Gasteiger partial charge in [-0.05, 0) is 55.0 Å². The number of aryl methyl sites for hydroxylation is 1. The molecule has 0 spiro atoms. The lowest BCUT2D eigenvalue weighted by molar-refractivity contribution is 0.102. The molecule has 6 nitrogen and oxygen atoms in total. The Morgan fingerprint density at radius 2 is 2.04 bits per heavy atom. The van der Waals surface area contributed by atoms with Crippen molar-refractivity contribution < 1.29 is 14.6 Å². The maximum Gasteiger partial charge on any atom is 0.208 e. The zero-order valence-corrected chi connectivity index (χ0v) is 15.5. The molecule has 0 radical (unpaired) electrons. The third-order valence-corrected chi connectivity index (χ3v) is 4.81. The lowest BCUT2D eigenvalue weighted by atomic mass is 10.1. The number of aromatic nitrogens is 3. The van der Waals surface area contributed by atoms with Crippen LogP contribution in [-0.4, -0.2) is 31.8 Å². The van der Waals surface area contributed by atoms with Crippen LogP contribution in [0.5, 0.6) is 11.5 Å². The number of carbonyl (C=O) groups is 1. The van der Waals surface area contributed by atoms with Gasteiger partial charge in [-0.2, -0.15) is 0 Å². The predicted octanol–water partition coefficient (Wildman–Crippen LogP) is 4.03. The third kappa shape index (κ3) is 4.77. The van der Waals surface area contributed by atoms with Crippen molar-refractivity contribution in [3.63, 3.8) is 0 Å². The summed E-state index contributed by atoms with van der Waals surface area (Å²) in [6.45, 7) is 2.14. The Balaban J connectivity index is 1.52. The van der Waals surface area contributed by atoms with Crippen LogP contribution in [0.2, 0.25) is 5.02 Å². The number of Topliss-reactive ketones (excluding diaryl/α,β-unsaturated/α-hetero) is 1. The number of halogens is 1. The van der Waals surface area contributed by atoms with Crippen LogP contribution in [0.3, 0.4) is 0 Å². The van der Waals surface area contributed by atoms with Gasteiger partial charge in [0.2, 0.25) is 5.16 Å². The number of nitrogens with one attached hydrogen (secondary N) is 1. The van der Waals surface area contributed by atoms with Crippen molar-refractivity contribution in [3.05, 3.63) is 64.4 Å². The molecule has 3 rings (SSSR count). The van der Waals surface area contributed by atoms with Gasteiger partial charge in [0, 0.05) is 10.6 Å². The maximum absolute atomic E-state index is 12.1. The lowest BCUT2D eigenvalue weighted by Crippen LogP contribution is -2.02. The number of ketones is 1. The normalized spacial score (nSPS) is 10.7. The number of nitrogens with zero attached hydrogens (tertiary/aromatic N) is 2. The number of aromatic hydroxyl groups is 1. The topological polar surface area (TPSA) is 88.1 Å². The molecule has 0 saturated heterocycles. The largest absolute Gasteiger partial charge is 0.508 e. The summed E-state index contributed by atoms with van der Waals surface area (Å²) in [5, 5.41) is 17.3. The number of rotatable bonds is 7. The Morgan fingerprint density at radius 3 is 2.77 bits per heavy atom. The molecule has 0 amide bonds. The van der Waals surface area contributed by atoms with Gasteiger partial charge in [-0.25, -0.2) is 4.98 Å². The molecule has 0 atom stereocenters. The van der Waals surface area contributed by atoms with E-state index in [-0.39, 0.29) is 23.9 Å². The van der Waals surface area contributed by atoms with Gasteiger partial charge in [0.25, 0.3) is 0 Å². The molecule has 2 aromatic carbocycles. The monoisotopic (exact) mass is 389 g/mol. The van der Waals surface area contributed by atoms with Crippen molar-refractivity contribution in [2.24, 2.45) is 0 Å². The number of ether oxygens (including phenoxy) is 1. The summed E-state index contributed by atoms with van der Waals surface area (Å²) in [4.78, 5) is 16.4. The fourth-order valence-corrected chi connectivity index (χ4v) is 2.96. The smallest absolute Gasteiger partial charge is 0.208 e. The van der Waals surface area contributed by atoms with Gasteiger partial charge in [0.1, 0.15) is 18.1 Å². The van der Waals surface area contributed by atoms with E-state index in [0.29, 0.717) is 27.3 Å². The van der Waals surface area contributed by atoms with Gasteiger partial charge >= 0.3 is 0 Å². The number of thioether (sulfide) groups is 1. The Kier molecular flexibility index (Phi) is 5.80. The van der Waals surface area contributed by atoms with E-state index in [2.05, 4.69) is 15.2 Å². The van der Waals surface area contributed by atoms with Crippen molar-refractivity contribution in [1.82, 2.24) is 15.2 Å². The second kappa shape index (κ2) is 8.25. The summed E-state index contributed by atoms with van der Waals surface area (Å²) >= 11 is 7.22. The van der Waals surface area contributed by atoms with E-state index in [0.717, 1.165) is 5.56 Å². The molecule has 26 heavy (non-hydrogen) atoms. The SMILES string of the molecule is Cc1cc(OCc2nc(SCC(=O)c3ccc(O)cc3)n[nH]2)ccc1Cl. The second-order valence-corrected chi connectivity index (χ2v) is 6.87. The highest BCUT2D eigenvalue weighted by molar-refractivity contribution is 7.99. The minimum absolute atomic E-state index is 0.0609. The Bertz CT molecular complexity index is 912. The fraction of sp³-hybridized carbons (Fsp3) is 0.167. The van der Waals surface area contributed by atoms with Gasteiger partial charge in [-0.3, -0.25) is 9.89 Å². The van der Waals surface area contributed by atoms with E-state index < -0.39 is 0 Å². The third-order valence-electron chi connectivity index (χ3n) is 3.54. The zero-order chi connectivity index (χ0) is 18.5. The van der Waals surface area contributed by atoms with Crippen LogP contribution in [0.4, 0.5) is 0 Å². The first-order chi connectivity index (χ1) is 12.5. The molecule has 1 aromatic heterocycles. The molecule has 0 aliphatic carbocycles. The quantitative estimate of drug-likeness (QED) is 0.468. The van der Waals surface area contributed by atoms with Crippen LogP contribution in [-0.2, 0) is 6.61 Å². The Hall–Kier alpha value is -2.51. The summed E-state index contributed by atoms with van der Waals surface area (Å²) in [5.41, 5.74) is 1.47. The number of phenols is 1. The summed E-state index contributed by atoms with van der Waals surface area (Å²) in [7, 11) is 0. The first kappa shape index (κ1) is 18.3. The molecule has 134 valence electrons. The number of phenolic OH excluding ortho intramolecular Hbond substituents is 1. The standard InChI is InChI=1S/C18H16ClN3O3S/c1-11-8-14(6-7-15(11)19)25-9-17-20-18(22-21-17)26-10-16(24)12-2-4-13(23)5-3-12/h2-8,23H,9-10H2,1H3,(H,20,21,22).